The minimum absolute atomic E-state index is 0. The van der Waals surface area contributed by atoms with E-state index in [2.05, 4.69) is 0 Å². The van der Waals surface area contributed by atoms with Crippen molar-refractivity contribution < 1.29 is 17.9 Å². The highest BCUT2D eigenvalue weighted by Crippen LogP contribution is 2.22. The quantitative estimate of drug-likeness (QED) is 0.776. The van der Waals surface area contributed by atoms with Gasteiger partial charge in [-0.1, -0.05) is 30.3 Å². The number of nitrogens with two attached hydrogens (primary N) is 1. The predicted octanol–water partition coefficient (Wildman–Crippen LogP) is 0.589. The molecule has 0 radical (unpaired) electrons. The molecule has 7 nitrogen and oxygen atoms in total. The lowest BCUT2D eigenvalue weighted by Gasteiger charge is -2.35. The van der Waals surface area contributed by atoms with E-state index in [9.17, 15) is 13.2 Å². The Kier molecular flexibility index (Phi) is 7.42. The van der Waals surface area contributed by atoms with Crippen LogP contribution in [0.25, 0.3) is 0 Å². The van der Waals surface area contributed by atoms with Crippen LogP contribution in [0.3, 0.4) is 0 Å². The van der Waals surface area contributed by atoms with E-state index >= 15 is 0 Å². The molecule has 1 aromatic rings. The van der Waals surface area contributed by atoms with Gasteiger partial charge in [0, 0.05) is 32.7 Å². The van der Waals surface area contributed by atoms with Crippen molar-refractivity contribution in [2.45, 2.75) is 30.8 Å². The van der Waals surface area contributed by atoms with Crippen LogP contribution in [0.15, 0.2) is 30.3 Å². The largest absolute Gasteiger partial charge is 0.364 e. The Morgan fingerprint density at radius 1 is 1.12 bits per heavy atom. The summed E-state index contributed by atoms with van der Waals surface area (Å²) in [5.74, 6) is -0.0535. The topological polar surface area (TPSA) is 92.9 Å². The van der Waals surface area contributed by atoms with Gasteiger partial charge >= 0.3 is 0 Å². The van der Waals surface area contributed by atoms with Crippen LogP contribution in [0.2, 0.25) is 0 Å². The van der Waals surface area contributed by atoms with Crippen molar-refractivity contribution in [3.05, 3.63) is 35.9 Å². The molecule has 3 rings (SSSR count). The lowest BCUT2D eigenvalue weighted by atomic mass is 10.1. The average molecular weight is 404 g/mol. The molecule has 0 spiro atoms. The predicted molar refractivity (Wildman–Crippen MR) is 101 cm³/mol. The molecule has 2 heterocycles. The number of hydrogen-bond acceptors (Lipinski definition) is 5. The summed E-state index contributed by atoms with van der Waals surface area (Å²) >= 11 is 0. The summed E-state index contributed by atoms with van der Waals surface area (Å²) in [6, 6.07) is 9.14. The second-order valence-corrected chi connectivity index (χ2v) is 8.49. The molecule has 2 aliphatic heterocycles. The number of ether oxygens (including phenoxy) is 1. The van der Waals surface area contributed by atoms with Gasteiger partial charge in [-0.15, -0.1) is 12.4 Å². The van der Waals surface area contributed by atoms with Gasteiger partial charge in [0.05, 0.1) is 11.9 Å². The zero-order chi connectivity index (χ0) is 17.9. The number of hydrogen-bond donors (Lipinski definition) is 1. The molecule has 0 bridgehead atoms. The molecule has 9 heteroatoms. The summed E-state index contributed by atoms with van der Waals surface area (Å²) in [5.41, 5.74) is 6.35. The number of piperazine rings is 1. The van der Waals surface area contributed by atoms with Gasteiger partial charge in [-0.05, 0) is 18.4 Å². The summed E-state index contributed by atoms with van der Waals surface area (Å²) in [5, 5.41) is 0. The van der Waals surface area contributed by atoms with Crippen molar-refractivity contribution in [1.82, 2.24) is 9.21 Å². The van der Waals surface area contributed by atoms with Crippen LogP contribution >= 0.6 is 12.4 Å². The number of carbonyl (C=O) groups is 1. The van der Waals surface area contributed by atoms with Crippen LogP contribution in [-0.2, 0) is 25.3 Å². The summed E-state index contributed by atoms with van der Waals surface area (Å²) in [7, 11) is -3.37. The fraction of sp³-hybridized carbons (Fsp3) is 0.588. The number of rotatable bonds is 5. The smallest absolute Gasteiger partial charge is 0.251 e. The number of halogens is 1. The molecular weight excluding hydrogens is 378 g/mol. The van der Waals surface area contributed by atoms with Gasteiger partial charge in [0.25, 0.3) is 5.91 Å². The zero-order valence-electron chi connectivity index (χ0n) is 14.6. The zero-order valence-corrected chi connectivity index (χ0v) is 16.3. The molecule has 0 aliphatic carbocycles. The Bertz CT molecular complexity index is 693. The number of carbonyl (C=O) groups excluding carboxylic acids is 1. The highest BCUT2D eigenvalue weighted by Gasteiger charge is 2.35. The molecular formula is C17H26ClN3O4S. The first-order valence-corrected chi connectivity index (χ1v) is 10.3. The molecule has 0 unspecified atom stereocenters. The Hall–Kier alpha value is -1.19. The highest BCUT2D eigenvalue weighted by atomic mass is 35.5. The van der Waals surface area contributed by atoms with Crippen molar-refractivity contribution in [1.29, 1.82) is 0 Å². The van der Waals surface area contributed by atoms with Crippen LogP contribution in [0.1, 0.15) is 18.4 Å². The fourth-order valence-electron chi connectivity index (χ4n) is 3.33. The summed E-state index contributed by atoms with van der Waals surface area (Å²) in [4.78, 5) is 14.2. The van der Waals surface area contributed by atoms with Gasteiger partial charge in [-0.2, -0.15) is 4.31 Å². The molecule has 26 heavy (non-hydrogen) atoms. The van der Waals surface area contributed by atoms with E-state index in [1.165, 1.54) is 4.31 Å². The molecule has 2 fully saturated rings. The first-order valence-electron chi connectivity index (χ1n) is 8.65. The number of nitrogens with zero attached hydrogens (tertiary/aromatic N) is 2. The first-order chi connectivity index (χ1) is 12.0. The molecule has 2 aliphatic rings. The molecule has 0 aromatic heterocycles. The van der Waals surface area contributed by atoms with Gasteiger partial charge in [-0.25, -0.2) is 8.42 Å². The van der Waals surface area contributed by atoms with Gasteiger partial charge in [0.2, 0.25) is 10.0 Å². The van der Waals surface area contributed by atoms with Crippen LogP contribution in [0, 0.1) is 0 Å². The van der Waals surface area contributed by atoms with Crippen LogP contribution in [-0.4, -0.2) is 68.5 Å². The summed E-state index contributed by atoms with van der Waals surface area (Å²) in [6.07, 6.45) is 1.02. The molecule has 2 atom stereocenters. The highest BCUT2D eigenvalue weighted by molar-refractivity contribution is 7.88. The maximum atomic E-state index is 12.6. The van der Waals surface area contributed by atoms with E-state index in [4.69, 9.17) is 10.5 Å². The third-order valence-electron chi connectivity index (χ3n) is 4.78. The second kappa shape index (κ2) is 9.14. The van der Waals surface area contributed by atoms with Crippen molar-refractivity contribution >= 4 is 28.3 Å². The number of sulfonamides is 1. The summed E-state index contributed by atoms with van der Waals surface area (Å²) < 4.78 is 32.2. The lowest BCUT2D eigenvalue weighted by molar-refractivity contribution is -0.143. The standard InChI is InChI=1S/C17H25N3O4S.ClH/c18-12-15-6-7-16(24-15)17(21)19-8-10-20(11-9-19)25(22,23)13-14-4-2-1-3-5-14;/h1-5,15-16H,6-13,18H2;1H/t15-,16+;/m1./s1. The Balaban J connectivity index is 0.00000243. The van der Waals surface area contributed by atoms with Crippen molar-refractivity contribution in [3.63, 3.8) is 0 Å². The first kappa shape index (κ1) is 21.1. The van der Waals surface area contributed by atoms with Crippen molar-refractivity contribution in [3.8, 4) is 0 Å². The molecule has 2 saturated heterocycles. The number of benzene rings is 1. The molecule has 0 saturated carbocycles. The molecule has 1 amide bonds. The van der Waals surface area contributed by atoms with Crippen molar-refractivity contribution in [2.24, 2.45) is 5.73 Å². The van der Waals surface area contributed by atoms with Crippen LogP contribution in [0.4, 0.5) is 0 Å². The van der Waals surface area contributed by atoms with E-state index in [0.29, 0.717) is 39.1 Å². The Labute approximate surface area is 160 Å². The second-order valence-electron chi connectivity index (χ2n) is 6.53. The van der Waals surface area contributed by atoms with E-state index in [1.807, 2.05) is 30.3 Å². The minimum Gasteiger partial charge on any atom is -0.364 e. The van der Waals surface area contributed by atoms with Crippen LogP contribution in [0.5, 0.6) is 0 Å². The van der Waals surface area contributed by atoms with Gasteiger partial charge in [0.1, 0.15) is 6.10 Å². The van der Waals surface area contributed by atoms with Crippen molar-refractivity contribution in [2.75, 3.05) is 32.7 Å². The van der Waals surface area contributed by atoms with E-state index in [0.717, 1.165) is 12.0 Å². The summed E-state index contributed by atoms with van der Waals surface area (Å²) in [6.45, 7) is 1.89. The fourth-order valence-corrected chi connectivity index (χ4v) is 4.84. The molecule has 146 valence electrons. The van der Waals surface area contributed by atoms with Gasteiger partial charge < -0.3 is 15.4 Å². The van der Waals surface area contributed by atoms with Crippen LogP contribution < -0.4 is 5.73 Å². The Morgan fingerprint density at radius 2 is 1.77 bits per heavy atom. The Morgan fingerprint density at radius 3 is 2.35 bits per heavy atom. The third-order valence-corrected chi connectivity index (χ3v) is 6.63. The van der Waals surface area contributed by atoms with Gasteiger partial charge in [0.15, 0.2) is 0 Å². The number of amides is 1. The normalized spacial score (nSPS) is 24.3. The third kappa shape index (κ3) is 4.95. The molecule has 2 N–H and O–H groups in total. The maximum Gasteiger partial charge on any atom is 0.251 e. The van der Waals surface area contributed by atoms with E-state index in [1.54, 1.807) is 4.90 Å². The SMILES string of the molecule is Cl.NC[C@H]1CC[C@@H](C(=O)N2CCN(S(=O)(=O)Cc3ccccc3)CC2)O1. The average Bonchev–Trinajstić information content (AvgIpc) is 3.11. The maximum absolute atomic E-state index is 12.6. The van der Waals surface area contributed by atoms with Gasteiger partial charge in [-0.3, -0.25) is 4.79 Å². The van der Waals surface area contributed by atoms with E-state index in [-0.39, 0.29) is 30.2 Å². The monoisotopic (exact) mass is 403 g/mol. The lowest BCUT2D eigenvalue weighted by Crippen LogP contribution is -2.53. The molecule has 1 aromatic carbocycles. The van der Waals surface area contributed by atoms with E-state index < -0.39 is 16.1 Å². The minimum atomic E-state index is -3.37.